The van der Waals surface area contributed by atoms with Crippen LogP contribution in [0, 0.1) is 12.7 Å². The molecule has 5 nitrogen and oxygen atoms in total. The van der Waals surface area contributed by atoms with Crippen molar-refractivity contribution in [1.82, 2.24) is 5.32 Å². The normalized spacial score (nSPS) is 12.4. The third kappa shape index (κ3) is 7.23. The molecule has 3 aromatic carbocycles. The molecule has 3 rings (SSSR count). The van der Waals surface area contributed by atoms with Crippen molar-refractivity contribution in [3.8, 4) is 11.1 Å². The fourth-order valence-corrected chi connectivity index (χ4v) is 4.24. The lowest BCUT2D eigenvalue weighted by Gasteiger charge is -2.26. The summed E-state index contributed by atoms with van der Waals surface area (Å²) in [5.74, 6) is -1.45. The lowest BCUT2D eigenvalue weighted by molar-refractivity contribution is -0.124. The number of carbonyl (C=O) groups is 2. The van der Waals surface area contributed by atoms with Crippen LogP contribution in [0.5, 0.6) is 0 Å². The number of Topliss-reactive ketones (excluding diaryl/α,β-unsaturated/α-hetero) is 1. The Hall–Kier alpha value is -3.06. The minimum Gasteiger partial charge on any atom is -0.478 e. The summed E-state index contributed by atoms with van der Waals surface area (Å²) in [4.78, 5) is 23.9. The number of aromatic carboxylic acids is 1. The van der Waals surface area contributed by atoms with E-state index in [-0.39, 0.29) is 36.4 Å². The molecule has 0 aliphatic heterocycles. The Morgan fingerprint density at radius 1 is 1.11 bits per heavy atom. The van der Waals surface area contributed by atoms with E-state index in [1.807, 2.05) is 51.1 Å². The monoisotopic (exact) mass is 511 g/mol. The molecule has 0 amide bonds. The van der Waals surface area contributed by atoms with Crippen molar-refractivity contribution in [3.05, 3.63) is 93.8 Å². The van der Waals surface area contributed by atoms with Gasteiger partial charge in [-0.2, -0.15) is 0 Å². The number of halogens is 2. The number of aryl methyl sites for hydroxylation is 1. The highest BCUT2D eigenvalue weighted by Gasteiger charge is 2.22. The summed E-state index contributed by atoms with van der Waals surface area (Å²) in [6.07, 6.45) is 0.0364. The Bertz CT molecular complexity index is 1260. The maximum absolute atomic E-state index is 14.2. The van der Waals surface area contributed by atoms with Crippen LogP contribution in [0.1, 0.15) is 53.9 Å². The van der Waals surface area contributed by atoms with Crippen LogP contribution in [0.15, 0.2) is 60.7 Å². The molecule has 0 aromatic heterocycles. The Kier molecular flexibility index (Phi) is 9.01. The van der Waals surface area contributed by atoms with Crippen LogP contribution < -0.4 is 5.32 Å². The summed E-state index contributed by atoms with van der Waals surface area (Å²) in [6, 6.07) is 17.5. The predicted molar refractivity (Wildman–Crippen MR) is 140 cm³/mol. The number of hydrogen-bond donors (Lipinski definition) is 2. The topological polar surface area (TPSA) is 75.6 Å². The highest BCUT2D eigenvalue weighted by Crippen LogP contribution is 2.31. The number of ether oxygens (including phenoxy) is 1. The van der Waals surface area contributed by atoms with Crippen LogP contribution in [-0.2, 0) is 16.0 Å². The van der Waals surface area contributed by atoms with E-state index in [1.165, 1.54) is 6.07 Å². The van der Waals surface area contributed by atoms with Crippen LogP contribution in [0.4, 0.5) is 4.39 Å². The number of ketones is 1. The number of carboxylic acid groups (broad SMARTS) is 1. The molecule has 0 unspecified atom stereocenters. The van der Waals surface area contributed by atoms with Gasteiger partial charge < -0.3 is 15.2 Å². The standard InChI is InChI=1S/C29H31ClFNO4/c1-18-13-20(10-12-24(18)28(34)35)26-8-6-5-7-25(26)19(2)36-17-23(33)16-32-29(3,4)15-21-9-11-22(30)14-27(21)31/h5-14,19,32H,15-17H2,1-4H3,(H,34,35)/t19-/m1/s1. The number of hydrogen-bond acceptors (Lipinski definition) is 4. The van der Waals surface area contributed by atoms with Gasteiger partial charge in [0.2, 0.25) is 0 Å². The van der Waals surface area contributed by atoms with Gasteiger partial charge in [0.15, 0.2) is 5.78 Å². The van der Waals surface area contributed by atoms with Gasteiger partial charge in [-0.3, -0.25) is 4.79 Å². The van der Waals surface area contributed by atoms with Gasteiger partial charge in [0.1, 0.15) is 12.4 Å². The van der Waals surface area contributed by atoms with E-state index >= 15 is 0 Å². The van der Waals surface area contributed by atoms with Crippen LogP contribution in [-0.4, -0.2) is 35.5 Å². The quantitative estimate of drug-likeness (QED) is 0.311. The Balaban J connectivity index is 1.60. The van der Waals surface area contributed by atoms with Crippen molar-refractivity contribution in [1.29, 1.82) is 0 Å². The van der Waals surface area contributed by atoms with Crippen LogP contribution in [0.25, 0.3) is 11.1 Å². The van der Waals surface area contributed by atoms with Gasteiger partial charge in [0.25, 0.3) is 0 Å². The minimum absolute atomic E-state index is 0.0785. The average Bonchev–Trinajstić information content (AvgIpc) is 2.82. The van der Waals surface area contributed by atoms with E-state index in [9.17, 15) is 19.1 Å². The van der Waals surface area contributed by atoms with E-state index in [0.717, 1.165) is 16.7 Å². The molecule has 2 N–H and O–H groups in total. The van der Waals surface area contributed by atoms with Crippen molar-refractivity contribution in [2.24, 2.45) is 0 Å². The Labute approximate surface area is 216 Å². The first kappa shape index (κ1) is 27.5. The molecule has 0 radical (unpaired) electrons. The van der Waals surface area contributed by atoms with Gasteiger partial charge in [-0.05, 0) is 80.1 Å². The molecule has 0 aliphatic rings. The van der Waals surface area contributed by atoms with E-state index in [1.54, 1.807) is 31.2 Å². The third-order valence-corrected chi connectivity index (χ3v) is 6.31. The Morgan fingerprint density at radius 2 is 1.83 bits per heavy atom. The molecule has 0 heterocycles. The highest BCUT2D eigenvalue weighted by atomic mass is 35.5. The van der Waals surface area contributed by atoms with Crippen molar-refractivity contribution < 1.29 is 23.8 Å². The number of rotatable bonds is 11. The van der Waals surface area contributed by atoms with Gasteiger partial charge in [0, 0.05) is 10.6 Å². The van der Waals surface area contributed by atoms with Crippen molar-refractivity contribution in [2.75, 3.05) is 13.2 Å². The molecule has 190 valence electrons. The molecule has 7 heteroatoms. The molecule has 3 aromatic rings. The van der Waals surface area contributed by atoms with E-state index in [4.69, 9.17) is 16.3 Å². The van der Waals surface area contributed by atoms with Crippen LogP contribution in [0.2, 0.25) is 5.02 Å². The lowest BCUT2D eigenvalue weighted by Crippen LogP contribution is -2.44. The van der Waals surface area contributed by atoms with Crippen LogP contribution >= 0.6 is 11.6 Å². The van der Waals surface area contributed by atoms with E-state index < -0.39 is 11.5 Å². The summed E-state index contributed by atoms with van der Waals surface area (Å²) in [6.45, 7) is 7.48. The van der Waals surface area contributed by atoms with Gasteiger partial charge in [-0.15, -0.1) is 0 Å². The van der Waals surface area contributed by atoms with Crippen molar-refractivity contribution in [3.63, 3.8) is 0 Å². The summed E-state index contributed by atoms with van der Waals surface area (Å²) >= 11 is 5.83. The second-order valence-corrected chi connectivity index (χ2v) is 10.0. The summed E-state index contributed by atoms with van der Waals surface area (Å²) in [5, 5.41) is 12.8. The van der Waals surface area contributed by atoms with Crippen LogP contribution in [0.3, 0.4) is 0 Å². The largest absolute Gasteiger partial charge is 0.478 e. The molecule has 0 saturated heterocycles. The number of carboxylic acids is 1. The van der Waals surface area contributed by atoms with E-state index in [2.05, 4.69) is 5.32 Å². The minimum atomic E-state index is -0.961. The number of nitrogens with one attached hydrogen (secondary N) is 1. The highest BCUT2D eigenvalue weighted by molar-refractivity contribution is 6.30. The second-order valence-electron chi connectivity index (χ2n) is 9.56. The number of carbonyl (C=O) groups excluding carboxylic acids is 1. The molecule has 0 aliphatic carbocycles. The first-order valence-corrected chi connectivity index (χ1v) is 12.1. The zero-order valence-corrected chi connectivity index (χ0v) is 21.7. The molecule has 0 spiro atoms. The second kappa shape index (κ2) is 11.8. The fraction of sp³-hybridized carbons (Fsp3) is 0.310. The van der Waals surface area contributed by atoms with Gasteiger partial charge in [0.05, 0.1) is 18.2 Å². The maximum atomic E-state index is 14.2. The molecule has 0 bridgehead atoms. The Morgan fingerprint density at radius 3 is 2.50 bits per heavy atom. The molecule has 0 fully saturated rings. The van der Waals surface area contributed by atoms with E-state index in [0.29, 0.717) is 22.6 Å². The third-order valence-electron chi connectivity index (χ3n) is 6.07. The SMILES string of the molecule is Cc1cc(-c2ccccc2[C@@H](C)OCC(=O)CNC(C)(C)Cc2ccc(Cl)cc2F)ccc1C(=O)O. The fourth-order valence-electron chi connectivity index (χ4n) is 4.09. The van der Waals surface area contributed by atoms with Crippen molar-refractivity contribution in [2.45, 2.75) is 45.8 Å². The average molecular weight is 512 g/mol. The van der Waals surface area contributed by atoms with Crippen molar-refractivity contribution >= 4 is 23.4 Å². The first-order chi connectivity index (χ1) is 17.0. The summed E-state index contributed by atoms with van der Waals surface area (Å²) < 4.78 is 20.1. The maximum Gasteiger partial charge on any atom is 0.335 e. The van der Waals surface area contributed by atoms with Gasteiger partial charge in [-0.1, -0.05) is 54.1 Å². The molecule has 0 saturated carbocycles. The first-order valence-electron chi connectivity index (χ1n) is 11.7. The molecular formula is C29H31ClFNO4. The summed E-state index contributed by atoms with van der Waals surface area (Å²) in [7, 11) is 0. The molecule has 36 heavy (non-hydrogen) atoms. The zero-order valence-electron chi connectivity index (χ0n) is 20.9. The summed E-state index contributed by atoms with van der Waals surface area (Å²) in [5.41, 5.74) is 3.65. The molecular weight excluding hydrogens is 481 g/mol. The number of benzene rings is 3. The van der Waals surface area contributed by atoms with Gasteiger partial charge >= 0.3 is 5.97 Å². The van der Waals surface area contributed by atoms with Gasteiger partial charge in [-0.25, -0.2) is 9.18 Å². The predicted octanol–water partition coefficient (Wildman–Crippen LogP) is 6.41. The zero-order chi connectivity index (χ0) is 26.5. The molecule has 1 atom stereocenters. The lowest BCUT2D eigenvalue weighted by atomic mass is 9.94. The smallest absolute Gasteiger partial charge is 0.335 e.